The predicted octanol–water partition coefficient (Wildman–Crippen LogP) is 4.28. The van der Waals surface area contributed by atoms with Gasteiger partial charge in [-0.1, -0.05) is 41.5 Å². The molecule has 0 amide bonds. The largest absolute Gasteiger partial charge is 0.368 e. The van der Waals surface area contributed by atoms with Gasteiger partial charge in [-0.05, 0) is 86.9 Å². The lowest BCUT2D eigenvalue weighted by Crippen LogP contribution is -2.28. The van der Waals surface area contributed by atoms with Crippen LogP contribution < -0.4 is 0 Å². The molecule has 1 aliphatic heterocycles. The lowest BCUT2D eigenvalue weighted by atomic mass is 9.86. The second-order valence-corrected chi connectivity index (χ2v) is 11.3. The highest BCUT2D eigenvalue weighted by Crippen LogP contribution is 2.24. The first-order valence-corrected chi connectivity index (χ1v) is 14.2. The van der Waals surface area contributed by atoms with Crippen molar-refractivity contribution in [2.75, 3.05) is 26.4 Å². The first kappa shape index (κ1) is 33.7. The van der Waals surface area contributed by atoms with E-state index in [2.05, 4.69) is 41.5 Å². The van der Waals surface area contributed by atoms with Crippen molar-refractivity contribution >= 4 is 0 Å². The Morgan fingerprint density at radius 1 is 0.389 bits per heavy atom. The zero-order valence-electron chi connectivity index (χ0n) is 23.7. The summed E-state index contributed by atoms with van der Waals surface area (Å²) in [5.74, 6) is 1.54. The number of ether oxygens (including phenoxy) is 4. The molecule has 0 radical (unpaired) electrons. The third kappa shape index (κ3) is 14.6. The average Bonchev–Trinajstić information content (AvgIpc) is 2.86. The van der Waals surface area contributed by atoms with E-state index in [0.717, 1.165) is 25.7 Å². The Morgan fingerprint density at radius 3 is 0.778 bits per heavy atom. The van der Waals surface area contributed by atoms with Gasteiger partial charge < -0.3 is 39.4 Å². The lowest BCUT2D eigenvalue weighted by molar-refractivity contribution is -0.137. The molecule has 4 N–H and O–H groups in total. The quantitative estimate of drug-likeness (QED) is 0.374. The molecule has 1 heterocycles. The molecule has 1 rings (SSSR count). The number of aliphatic hydroxyl groups is 4. The zero-order valence-corrected chi connectivity index (χ0v) is 23.7. The summed E-state index contributed by atoms with van der Waals surface area (Å²) < 4.78 is 22.7. The van der Waals surface area contributed by atoms with Crippen molar-refractivity contribution in [3.05, 3.63) is 0 Å². The van der Waals surface area contributed by atoms with Gasteiger partial charge in [0.15, 0.2) is 25.2 Å². The number of hydrogen-bond acceptors (Lipinski definition) is 8. The van der Waals surface area contributed by atoms with E-state index in [1.807, 2.05) is 0 Å². The molecule has 1 fully saturated rings. The van der Waals surface area contributed by atoms with Crippen molar-refractivity contribution in [3.63, 3.8) is 0 Å². The molecule has 1 aliphatic rings. The molecule has 0 aromatic carbocycles. The Balaban J connectivity index is 2.61. The summed E-state index contributed by atoms with van der Waals surface area (Å²) in [6, 6.07) is 0. The highest BCUT2D eigenvalue weighted by molar-refractivity contribution is 4.70. The van der Waals surface area contributed by atoms with Gasteiger partial charge in [0.05, 0.1) is 26.4 Å². The smallest absolute Gasteiger partial charge is 0.154 e. The maximum atomic E-state index is 10.2. The number of hydrogen-bond donors (Lipinski definition) is 4. The van der Waals surface area contributed by atoms with E-state index in [9.17, 15) is 20.4 Å². The van der Waals surface area contributed by atoms with Gasteiger partial charge in [0.1, 0.15) is 0 Å². The number of aliphatic hydroxyl groups excluding tert-OH is 4. The molecule has 8 nitrogen and oxygen atoms in total. The van der Waals surface area contributed by atoms with Gasteiger partial charge in [-0.2, -0.15) is 0 Å². The van der Waals surface area contributed by atoms with E-state index in [4.69, 9.17) is 18.9 Å². The van der Waals surface area contributed by atoms with Gasteiger partial charge in [0, 0.05) is 0 Å². The third-order valence-corrected chi connectivity index (χ3v) is 8.10. The van der Waals surface area contributed by atoms with Crippen molar-refractivity contribution in [2.24, 2.45) is 35.5 Å². The second-order valence-electron chi connectivity index (χ2n) is 11.3. The minimum atomic E-state index is -0.812. The molecule has 0 bridgehead atoms. The van der Waals surface area contributed by atoms with E-state index in [0.29, 0.717) is 63.9 Å². The molecule has 0 spiro atoms. The first-order chi connectivity index (χ1) is 17.0. The van der Waals surface area contributed by atoms with E-state index < -0.39 is 25.2 Å². The summed E-state index contributed by atoms with van der Waals surface area (Å²) in [7, 11) is 0. The van der Waals surface area contributed by atoms with Crippen molar-refractivity contribution in [1.82, 2.24) is 0 Å². The Kier molecular flexibility index (Phi) is 17.7. The van der Waals surface area contributed by atoms with Gasteiger partial charge in [-0.25, -0.2) is 0 Å². The average molecular weight is 521 g/mol. The van der Waals surface area contributed by atoms with Crippen LogP contribution in [0.3, 0.4) is 0 Å². The summed E-state index contributed by atoms with van der Waals surface area (Å²) in [4.78, 5) is 0. The molecule has 0 aliphatic carbocycles. The Morgan fingerprint density at radius 2 is 0.583 bits per heavy atom. The van der Waals surface area contributed by atoms with Gasteiger partial charge in [-0.3, -0.25) is 0 Å². The third-order valence-electron chi connectivity index (χ3n) is 8.10. The first-order valence-electron chi connectivity index (χ1n) is 14.2. The normalized spacial score (nSPS) is 41.5. The molecule has 36 heavy (non-hydrogen) atoms. The van der Waals surface area contributed by atoms with Gasteiger partial charge in [0.2, 0.25) is 0 Å². The molecule has 0 aromatic rings. The molecular weight excluding hydrogens is 464 g/mol. The SMILES string of the molecule is CC1COC(O)CCCCC(O)OCC(C)C(C)C(C)COC(O)CCCCC(O)OCC(C)C1C. The van der Waals surface area contributed by atoms with Crippen molar-refractivity contribution < 1.29 is 39.4 Å². The maximum Gasteiger partial charge on any atom is 0.154 e. The maximum absolute atomic E-state index is 10.2. The van der Waals surface area contributed by atoms with Crippen LogP contribution in [-0.4, -0.2) is 72.0 Å². The second kappa shape index (κ2) is 18.9. The Hall–Kier alpha value is -0.320. The fraction of sp³-hybridized carbons (Fsp3) is 1.00. The molecule has 0 aromatic heterocycles. The van der Waals surface area contributed by atoms with Crippen molar-refractivity contribution in [1.29, 1.82) is 0 Å². The summed E-state index contributed by atoms with van der Waals surface area (Å²) in [5, 5.41) is 40.8. The van der Waals surface area contributed by atoms with Gasteiger partial charge in [0.25, 0.3) is 0 Å². The molecule has 0 saturated carbocycles. The van der Waals surface area contributed by atoms with Crippen LogP contribution >= 0.6 is 0 Å². The molecule has 8 atom stereocenters. The van der Waals surface area contributed by atoms with E-state index in [1.54, 1.807) is 0 Å². The highest BCUT2D eigenvalue weighted by atomic mass is 16.6. The minimum absolute atomic E-state index is 0.234. The fourth-order valence-corrected chi connectivity index (χ4v) is 4.39. The van der Waals surface area contributed by atoms with Gasteiger partial charge >= 0.3 is 0 Å². The molecule has 8 unspecified atom stereocenters. The van der Waals surface area contributed by atoms with E-state index in [1.165, 1.54) is 0 Å². The van der Waals surface area contributed by atoms with Crippen LogP contribution in [0.2, 0.25) is 0 Å². The molecule has 216 valence electrons. The van der Waals surface area contributed by atoms with Crippen LogP contribution in [0.15, 0.2) is 0 Å². The highest BCUT2D eigenvalue weighted by Gasteiger charge is 2.23. The summed E-state index contributed by atoms with van der Waals surface area (Å²) in [5.41, 5.74) is 0. The topological polar surface area (TPSA) is 118 Å². The van der Waals surface area contributed by atoms with Gasteiger partial charge in [-0.15, -0.1) is 0 Å². The summed E-state index contributed by atoms with van der Waals surface area (Å²) in [6.07, 6.45) is 1.83. The monoisotopic (exact) mass is 520 g/mol. The lowest BCUT2D eigenvalue weighted by Gasteiger charge is -2.28. The molecule has 8 heteroatoms. The summed E-state index contributed by atoms with van der Waals surface area (Å²) in [6.45, 7) is 14.5. The van der Waals surface area contributed by atoms with Crippen LogP contribution in [0.25, 0.3) is 0 Å². The number of rotatable bonds is 0. The van der Waals surface area contributed by atoms with E-state index in [-0.39, 0.29) is 23.7 Å². The predicted molar refractivity (Wildman–Crippen MR) is 140 cm³/mol. The molecule has 1 saturated heterocycles. The standard InChI is InChI=1S/C28H56O8/c1-19-15-33-25(29)11-7-8-13-27(31)35-17-21(3)24(6)22(4)18-36-28(32)14-10-9-12-26(30)34-16-20(2)23(19)5/h19-32H,7-18H2,1-6H3. The Bertz CT molecular complexity index is 446. The van der Waals surface area contributed by atoms with Crippen LogP contribution in [0, 0.1) is 35.5 Å². The van der Waals surface area contributed by atoms with Crippen LogP contribution in [-0.2, 0) is 18.9 Å². The van der Waals surface area contributed by atoms with Crippen LogP contribution in [0.5, 0.6) is 0 Å². The fourth-order valence-electron chi connectivity index (χ4n) is 4.39. The van der Waals surface area contributed by atoms with Crippen molar-refractivity contribution in [3.8, 4) is 0 Å². The van der Waals surface area contributed by atoms with Crippen molar-refractivity contribution in [2.45, 2.75) is 118 Å². The minimum Gasteiger partial charge on any atom is -0.368 e. The zero-order chi connectivity index (χ0) is 27.1. The van der Waals surface area contributed by atoms with Crippen LogP contribution in [0.4, 0.5) is 0 Å². The Labute approximate surface area is 219 Å². The molecular formula is C28H56O8. The summed E-state index contributed by atoms with van der Waals surface area (Å²) >= 11 is 0. The van der Waals surface area contributed by atoms with E-state index >= 15 is 0 Å². The van der Waals surface area contributed by atoms with Crippen LogP contribution in [0.1, 0.15) is 92.9 Å².